The molecule has 2 aromatic rings. The fraction of sp³-hybridized carbons (Fsp3) is 0.348. The SMILES string of the molecule is C=CCN(C)S(=O)(=O)c1ccc(NC(=O)NC2CCN(Cc3ccccc3)CC2)cc1. The lowest BCUT2D eigenvalue weighted by Crippen LogP contribution is -2.45. The summed E-state index contributed by atoms with van der Waals surface area (Å²) in [5.41, 5.74) is 1.84. The van der Waals surface area contributed by atoms with E-state index >= 15 is 0 Å². The maximum Gasteiger partial charge on any atom is 0.319 e. The van der Waals surface area contributed by atoms with Crippen LogP contribution >= 0.6 is 0 Å². The number of anilines is 1. The van der Waals surface area contributed by atoms with Gasteiger partial charge in [0.15, 0.2) is 0 Å². The van der Waals surface area contributed by atoms with Crippen molar-refractivity contribution < 1.29 is 13.2 Å². The number of hydrogen-bond donors (Lipinski definition) is 2. The van der Waals surface area contributed by atoms with E-state index in [-0.39, 0.29) is 23.5 Å². The summed E-state index contributed by atoms with van der Waals surface area (Å²) in [6, 6.07) is 16.4. The predicted octanol–water partition coefficient (Wildman–Crippen LogP) is 3.28. The van der Waals surface area contributed by atoms with Crippen LogP contribution < -0.4 is 10.6 Å². The molecule has 2 amide bonds. The zero-order valence-electron chi connectivity index (χ0n) is 17.8. The Morgan fingerprint density at radius 2 is 1.77 bits per heavy atom. The molecule has 1 heterocycles. The Hall–Kier alpha value is -2.68. The number of carbonyl (C=O) groups is 1. The first-order valence-corrected chi connectivity index (χ1v) is 11.8. The normalized spacial score (nSPS) is 15.5. The lowest BCUT2D eigenvalue weighted by Gasteiger charge is -2.32. The largest absolute Gasteiger partial charge is 0.335 e. The Bertz CT molecular complexity index is 970. The average molecular weight is 443 g/mol. The van der Waals surface area contributed by atoms with Gasteiger partial charge in [-0.3, -0.25) is 4.90 Å². The molecule has 1 aliphatic heterocycles. The third-order valence-corrected chi connectivity index (χ3v) is 7.22. The molecule has 0 atom stereocenters. The second-order valence-electron chi connectivity index (χ2n) is 7.73. The Morgan fingerprint density at radius 3 is 2.39 bits per heavy atom. The zero-order valence-corrected chi connectivity index (χ0v) is 18.6. The maximum absolute atomic E-state index is 12.4. The predicted molar refractivity (Wildman–Crippen MR) is 123 cm³/mol. The Balaban J connectivity index is 1.46. The van der Waals surface area contributed by atoms with Gasteiger partial charge in [0, 0.05) is 45.0 Å². The lowest BCUT2D eigenvalue weighted by atomic mass is 10.0. The van der Waals surface area contributed by atoms with E-state index in [2.05, 4.69) is 46.4 Å². The van der Waals surface area contributed by atoms with E-state index in [0.29, 0.717) is 5.69 Å². The Labute approximate surface area is 184 Å². The van der Waals surface area contributed by atoms with Crippen LogP contribution in [0, 0.1) is 0 Å². The van der Waals surface area contributed by atoms with Crippen molar-refractivity contribution in [1.82, 2.24) is 14.5 Å². The Morgan fingerprint density at radius 1 is 1.13 bits per heavy atom. The highest BCUT2D eigenvalue weighted by Gasteiger charge is 2.22. The Kier molecular flexibility index (Phi) is 7.84. The van der Waals surface area contributed by atoms with Gasteiger partial charge in [-0.25, -0.2) is 13.2 Å². The molecule has 2 aromatic carbocycles. The van der Waals surface area contributed by atoms with Crippen molar-refractivity contribution in [3.63, 3.8) is 0 Å². The van der Waals surface area contributed by atoms with E-state index in [1.54, 1.807) is 12.1 Å². The standard InChI is InChI=1S/C23H30N4O3S/c1-3-15-26(2)31(29,30)22-11-9-20(10-12-22)24-23(28)25-21-13-16-27(17-14-21)18-19-7-5-4-6-8-19/h3-12,21H,1,13-18H2,2H3,(H2,24,25,28). The number of hydrogen-bond acceptors (Lipinski definition) is 4. The molecule has 3 rings (SSSR count). The van der Waals surface area contributed by atoms with Crippen LogP contribution in [0.2, 0.25) is 0 Å². The van der Waals surface area contributed by atoms with Crippen LogP contribution in [0.3, 0.4) is 0 Å². The highest BCUT2D eigenvalue weighted by molar-refractivity contribution is 7.89. The van der Waals surface area contributed by atoms with E-state index in [1.807, 2.05) is 6.07 Å². The molecule has 0 bridgehead atoms. The summed E-state index contributed by atoms with van der Waals surface area (Å²) < 4.78 is 26.1. The molecule has 0 aromatic heterocycles. The van der Waals surface area contributed by atoms with Crippen molar-refractivity contribution >= 4 is 21.7 Å². The number of piperidine rings is 1. The van der Waals surface area contributed by atoms with Crippen molar-refractivity contribution in [2.75, 3.05) is 32.0 Å². The third-order valence-electron chi connectivity index (χ3n) is 5.38. The van der Waals surface area contributed by atoms with Gasteiger partial charge in [0.2, 0.25) is 10.0 Å². The summed E-state index contributed by atoms with van der Waals surface area (Å²) in [6.45, 7) is 6.59. The molecule has 8 heteroatoms. The molecular formula is C23H30N4O3S. The van der Waals surface area contributed by atoms with Crippen LogP contribution in [0.15, 0.2) is 72.1 Å². The van der Waals surface area contributed by atoms with Gasteiger partial charge in [0.1, 0.15) is 0 Å². The van der Waals surface area contributed by atoms with Crippen LogP contribution in [0.25, 0.3) is 0 Å². The van der Waals surface area contributed by atoms with Gasteiger partial charge in [-0.15, -0.1) is 6.58 Å². The van der Waals surface area contributed by atoms with Crippen LogP contribution in [-0.2, 0) is 16.6 Å². The number of rotatable bonds is 8. The van der Waals surface area contributed by atoms with Crippen molar-refractivity contribution in [3.8, 4) is 0 Å². The van der Waals surface area contributed by atoms with Crippen LogP contribution in [0.4, 0.5) is 10.5 Å². The molecule has 1 saturated heterocycles. The highest BCUT2D eigenvalue weighted by Crippen LogP contribution is 2.18. The van der Waals surface area contributed by atoms with E-state index in [4.69, 9.17) is 0 Å². The number of nitrogens with one attached hydrogen (secondary N) is 2. The van der Waals surface area contributed by atoms with Crippen molar-refractivity contribution in [2.45, 2.75) is 30.3 Å². The van der Waals surface area contributed by atoms with Crippen molar-refractivity contribution in [2.24, 2.45) is 0 Å². The molecule has 0 saturated carbocycles. The molecule has 1 aliphatic rings. The number of urea groups is 1. The molecule has 0 unspecified atom stereocenters. The number of nitrogens with zero attached hydrogens (tertiary/aromatic N) is 2. The van der Waals surface area contributed by atoms with Gasteiger partial charge in [0.05, 0.1) is 4.90 Å². The topological polar surface area (TPSA) is 81.8 Å². The maximum atomic E-state index is 12.4. The van der Waals surface area contributed by atoms with Crippen LogP contribution in [0.5, 0.6) is 0 Å². The number of likely N-dealkylation sites (tertiary alicyclic amines) is 1. The summed E-state index contributed by atoms with van der Waals surface area (Å²) in [6.07, 6.45) is 3.32. The quantitative estimate of drug-likeness (QED) is 0.615. The molecule has 1 fully saturated rings. The van der Waals surface area contributed by atoms with Gasteiger partial charge in [-0.05, 0) is 42.7 Å². The second-order valence-corrected chi connectivity index (χ2v) is 9.78. The average Bonchev–Trinajstić information content (AvgIpc) is 2.76. The smallest absolute Gasteiger partial charge is 0.319 e. The molecule has 0 aliphatic carbocycles. The van der Waals surface area contributed by atoms with E-state index in [0.717, 1.165) is 32.5 Å². The molecule has 31 heavy (non-hydrogen) atoms. The second kappa shape index (κ2) is 10.6. The van der Waals surface area contributed by atoms with Gasteiger partial charge in [-0.2, -0.15) is 4.31 Å². The summed E-state index contributed by atoms with van der Waals surface area (Å²) >= 11 is 0. The lowest BCUT2D eigenvalue weighted by molar-refractivity contribution is 0.190. The van der Waals surface area contributed by atoms with Crippen molar-refractivity contribution in [3.05, 3.63) is 72.8 Å². The van der Waals surface area contributed by atoms with Crippen molar-refractivity contribution in [1.29, 1.82) is 0 Å². The van der Waals surface area contributed by atoms with Crippen LogP contribution in [-0.4, -0.2) is 56.4 Å². The molecule has 0 spiro atoms. The monoisotopic (exact) mass is 442 g/mol. The minimum absolute atomic E-state index is 0.124. The number of likely N-dealkylation sites (N-methyl/N-ethyl adjacent to an activating group) is 1. The van der Waals surface area contributed by atoms with Gasteiger partial charge in [-0.1, -0.05) is 36.4 Å². The summed E-state index contributed by atoms with van der Waals surface area (Å²) in [4.78, 5) is 14.9. The van der Waals surface area contributed by atoms with Gasteiger partial charge >= 0.3 is 6.03 Å². The number of amides is 2. The van der Waals surface area contributed by atoms with Gasteiger partial charge < -0.3 is 10.6 Å². The zero-order chi connectivity index (χ0) is 22.3. The van der Waals surface area contributed by atoms with Gasteiger partial charge in [0.25, 0.3) is 0 Å². The summed E-state index contributed by atoms with van der Waals surface area (Å²) in [7, 11) is -2.07. The van der Waals surface area contributed by atoms with E-state index in [9.17, 15) is 13.2 Å². The van der Waals surface area contributed by atoms with E-state index < -0.39 is 10.0 Å². The fourth-order valence-corrected chi connectivity index (χ4v) is 4.74. The number of sulfonamides is 1. The first-order chi connectivity index (χ1) is 14.9. The fourth-order valence-electron chi connectivity index (χ4n) is 3.60. The molecule has 0 radical (unpaired) electrons. The minimum Gasteiger partial charge on any atom is -0.335 e. The first-order valence-electron chi connectivity index (χ1n) is 10.4. The number of carbonyl (C=O) groups excluding carboxylic acids is 1. The molecule has 166 valence electrons. The first kappa shape index (κ1) is 23.0. The number of benzene rings is 2. The third kappa shape index (κ3) is 6.40. The minimum atomic E-state index is -3.57. The summed E-state index contributed by atoms with van der Waals surface area (Å²) in [5, 5.41) is 5.80. The molecule has 7 nitrogen and oxygen atoms in total. The van der Waals surface area contributed by atoms with E-state index in [1.165, 1.54) is 35.1 Å². The van der Waals surface area contributed by atoms with Crippen LogP contribution in [0.1, 0.15) is 18.4 Å². The highest BCUT2D eigenvalue weighted by atomic mass is 32.2. The molecular weight excluding hydrogens is 412 g/mol. The molecule has 2 N–H and O–H groups in total. The summed E-state index contributed by atoms with van der Waals surface area (Å²) in [5.74, 6) is 0.